The summed E-state index contributed by atoms with van der Waals surface area (Å²) in [6.07, 6.45) is 6.48. The highest BCUT2D eigenvalue weighted by Gasteiger charge is 2.09. The number of benzene rings is 2. The third kappa shape index (κ3) is 2.33. The zero-order valence-electron chi connectivity index (χ0n) is 12.5. The molecule has 20 heavy (non-hydrogen) atoms. The number of hydrogen-bond acceptors (Lipinski definition) is 0. The molecule has 1 heteroatoms. The lowest BCUT2D eigenvalue weighted by atomic mass is 9.98. The van der Waals surface area contributed by atoms with Crippen LogP contribution in [0.25, 0.3) is 21.8 Å². The van der Waals surface area contributed by atoms with Crippen molar-refractivity contribution in [2.24, 2.45) is 0 Å². The van der Waals surface area contributed by atoms with E-state index in [1.807, 2.05) is 0 Å². The van der Waals surface area contributed by atoms with E-state index in [-0.39, 0.29) is 0 Å². The SMILES string of the molecule is CCCCCCc1c(C)ccc2c1[nH]c1ccccc12. The van der Waals surface area contributed by atoms with Crippen LogP contribution in [0.3, 0.4) is 0 Å². The van der Waals surface area contributed by atoms with Gasteiger partial charge < -0.3 is 4.98 Å². The molecule has 0 bridgehead atoms. The van der Waals surface area contributed by atoms with Gasteiger partial charge in [-0.05, 0) is 37.0 Å². The van der Waals surface area contributed by atoms with Crippen molar-refractivity contribution in [2.45, 2.75) is 46.0 Å². The Bertz CT molecular complexity index is 721. The number of aromatic nitrogens is 1. The quantitative estimate of drug-likeness (QED) is 0.565. The monoisotopic (exact) mass is 265 g/mol. The lowest BCUT2D eigenvalue weighted by molar-refractivity contribution is 0.667. The lowest BCUT2D eigenvalue weighted by Crippen LogP contribution is -1.92. The summed E-state index contributed by atoms with van der Waals surface area (Å²) in [5, 5.41) is 2.72. The summed E-state index contributed by atoms with van der Waals surface area (Å²) < 4.78 is 0. The van der Waals surface area contributed by atoms with Crippen LogP contribution < -0.4 is 0 Å². The van der Waals surface area contributed by atoms with Crippen molar-refractivity contribution in [2.75, 3.05) is 0 Å². The number of rotatable bonds is 5. The van der Waals surface area contributed by atoms with Crippen molar-refractivity contribution in [1.82, 2.24) is 4.98 Å². The molecule has 0 saturated carbocycles. The zero-order chi connectivity index (χ0) is 13.9. The smallest absolute Gasteiger partial charge is 0.0500 e. The topological polar surface area (TPSA) is 15.8 Å². The van der Waals surface area contributed by atoms with Crippen LogP contribution in [0.15, 0.2) is 36.4 Å². The molecule has 1 aromatic heterocycles. The van der Waals surface area contributed by atoms with Crippen molar-refractivity contribution in [3.63, 3.8) is 0 Å². The summed E-state index contributed by atoms with van der Waals surface area (Å²) in [6.45, 7) is 4.50. The van der Waals surface area contributed by atoms with E-state index in [1.54, 1.807) is 0 Å². The van der Waals surface area contributed by atoms with Gasteiger partial charge in [0.25, 0.3) is 0 Å². The van der Waals surface area contributed by atoms with Crippen molar-refractivity contribution in [3.8, 4) is 0 Å². The first-order valence-electron chi connectivity index (χ1n) is 7.80. The summed E-state index contributed by atoms with van der Waals surface area (Å²) in [6, 6.07) is 13.1. The molecule has 1 heterocycles. The van der Waals surface area contributed by atoms with Gasteiger partial charge >= 0.3 is 0 Å². The second-order valence-corrected chi connectivity index (χ2v) is 5.76. The molecule has 0 amide bonds. The molecule has 0 aliphatic rings. The molecule has 0 unspecified atom stereocenters. The summed E-state index contributed by atoms with van der Waals surface area (Å²) >= 11 is 0. The molecule has 0 saturated heterocycles. The molecule has 0 fully saturated rings. The second-order valence-electron chi connectivity index (χ2n) is 5.76. The Morgan fingerprint density at radius 2 is 1.75 bits per heavy atom. The minimum Gasteiger partial charge on any atom is -0.354 e. The Balaban J connectivity index is 2.03. The highest BCUT2D eigenvalue weighted by atomic mass is 14.7. The molecule has 0 radical (unpaired) electrons. The van der Waals surface area contributed by atoms with Crippen molar-refractivity contribution in [1.29, 1.82) is 0 Å². The number of para-hydroxylation sites is 1. The number of aromatic amines is 1. The van der Waals surface area contributed by atoms with Crippen LogP contribution in [0.5, 0.6) is 0 Å². The molecule has 0 atom stereocenters. The van der Waals surface area contributed by atoms with Gasteiger partial charge in [0.1, 0.15) is 0 Å². The third-order valence-corrected chi connectivity index (χ3v) is 4.30. The zero-order valence-corrected chi connectivity index (χ0v) is 12.5. The van der Waals surface area contributed by atoms with Crippen molar-refractivity contribution in [3.05, 3.63) is 47.5 Å². The Morgan fingerprint density at radius 3 is 2.60 bits per heavy atom. The van der Waals surface area contributed by atoms with E-state index in [0.717, 1.165) is 0 Å². The van der Waals surface area contributed by atoms with E-state index in [9.17, 15) is 0 Å². The standard InChI is InChI=1S/C19H23N/c1-3-4-5-6-9-15-14(2)12-13-17-16-10-7-8-11-18(16)20-19(15)17/h7-8,10-13,20H,3-6,9H2,1-2H3. The van der Waals surface area contributed by atoms with Gasteiger partial charge in [0.2, 0.25) is 0 Å². The molecule has 0 aliphatic heterocycles. The number of hydrogen-bond donors (Lipinski definition) is 1. The van der Waals surface area contributed by atoms with Crippen molar-refractivity contribution >= 4 is 21.8 Å². The maximum absolute atomic E-state index is 3.63. The molecule has 3 aromatic rings. The van der Waals surface area contributed by atoms with E-state index >= 15 is 0 Å². The van der Waals surface area contributed by atoms with Gasteiger partial charge in [-0.15, -0.1) is 0 Å². The van der Waals surface area contributed by atoms with Gasteiger partial charge in [0, 0.05) is 21.8 Å². The predicted octanol–water partition coefficient (Wildman–Crippen LogP) is 5.75. The number of aryl methyl sites for hydroxylation is 2. The molecule has 3 rings (SSSR count). The molecule has 2 aromatic carbocycles. The van der Waals surface area contributed by atoms with Crippen LogP contribution in [0.4, 0.5) is 0 Å². The van der Waals surface area contributed by atoms with Gasteiger partial charge in [-0.25, -0.2) is 0 Å². The molecular formula is C19H23N. The average Bonchev–Trinajstić information content (AvgIpc) is 2.84. The maximum atomic E-state index is 3.63. The minimum atomic E-state index is 1.19. The first-order valence-corrected chi connectivity index (χ1v) is 7.80. The second kappa shape index (κ2) is 5.70. The van der Waals surface area contributed by atoms with Gasteiger partial charge in [0.15, 0.2) is 0 Å². The normalized spacial score (nSPS) is 11.5. The van der Waals surface area contributed by atoms with Crippen molar-refractivity contribution < 1.29 is 0 Å². The van der Waals surface area contributed by atoms with Crippen LogP contribution in [-0.4, -0.2) is 4.98 Å². The van der Waals surface area contributed by atoms with Crippen LogP contribution in [0.2, 0.25) is 0 Å². The summed E-state index contributed by atoms with van der Waals surface area (Å²) in [5.74, 6) is 0. The lowest BCUT2D eigenvalue weighted by Gasteiger charge is -2.07. The molecule has 104 valence electrons. The largest absolute Gasteiger partial charge is 0.354 e. The van der Waals surface area contributed by atoms with Gasteiger partial charge in [-0.3, -0.25) is 0 Å². The first-order chi connectivity index (χ1) is 9.81. The molecule has 0 spiro atoms. The van der Waals surface area contributed by atoms with Gasteiger partial charge in [-0.1, -0.05) is 56.5 Å². The van der Waals surface area contributed by atoms with Crippen LogP contribution in [-0.2, 0) is 6.42 Å². The number of H-pyrrole nitrogens is 1. The summed E-state index contributed by atoms with van der Waals surface area (Å²) in [4.78, 5) is 3.63. The van der Waals surface area contributed by atoms with E-state index in [1.165, 1.54) is 65.0 Å². The third-order valence-electron chi connectivity index (χ3n) is 4.30. The molecule has 1 nitrogen and oxygen atoms in total. The van der Waals surface area contributed by atoms with Gasteiger partial charge in [0.05, 0.1) is 0 Å². The average molecular weight is 265 g/mol. The number of fused-ring (bicyclic) bond motifs is 3. The Labute approximate surface area is 121 Å². The van der Waals surface area contributed by atoms with E-state index < -0.39 is 0 Å². The highest BCUT2D eigenvalue weighted by molar-refractivity contribution is 6.08. The minimum absolute atomic E-state index is 1.19. The predicted molar refractivity (Wildman–Crippen MR) is 88.4 cm³/mol. The fourth-order valence-corrected chi connectivity index (χ4v) is 3.13. The Kier molecular flexibility index (Phi) is 3.77. The molecule has 0 aliphatic carbocycles. The fraction of sp³-hybridized carbons (Fsp3) is 0.368. The summed E-state index contributed by atoms with van der Waals surface area (Å²) in [7, 11) is 0. The summed E-state index contributed by atoms with van der Waals surface area (Å²) in [5.41, 5.74) is 5.53. The molecular weight excluding hydrogens is 242 g/mol. The van der Waals surface area contributed by atoms with E-state index in [2.05, 4.69) is 55.2 Å². The van der Waals surface area contributed by atoms with E-state index in [0.29, 0.717) is 0 Å². The fourth-order valence-electron chi connectivity index (χ4n) is 3.13. The Morgan fingerprint density at radius 1 is 0.900 bits per heavy atom. The van der Waals surface area contributed by atoms with E-state index in [4.69, 9.17) is 0 Å². The Hall–Kier alpha value is -1.76. The van der Waals surface area contributed by atoms with Crippen LogP contribution >= 0.6 is 0 Å². The molecule has 1 N–H and O–H groups in total. The number of nitrogens with one attached hydrogen (secondary N) is 1. The number of unbranched alkanes of at least 4 members (excludes halogenated alkanes) is 3. The van der Waals surface area contributed by atoms with Crippen LogP contribution in [0.1, 0.15) is 43.7 Å². The van der Waals surface area contributed by atoms with Gasteiger partial charge in [-0.2, -0.15) is 0 Å². The maximum Gasteiger partial charge on any atom is 0.0500 e. The first kappa shape index (κ1) is 13.2. The highest BCUT2D eigenvalue weighted by Crippen LogP contribution is 2.30. The van der Waals surface area contributed by atoms with Crippen LogP contribution in [0, 0.1) is 6.92 Å².